The first-order valence-electron chi connectivity index (χ1n) is 4.60. The highest BCUT2D eigenvalue weighted by atomic mass is 32.2. The van der Waals surface area contributed by atoms with Gasteiger partial charge in [0.15, 0.2) is 0 Å². The molecule has 1 aromatic rings. The van der Waals surface area contributed by atoms with Crippen LogP contribution >= 0.6 is 12.2 Å². The summed E-state index contributed by atoms with van der Waals surface area (Å²) in [7, 11) is -3.48. The summed E-state index contributed by atoms with van der Waals surface area (Å²) in [5.74, 6) is -0.348. The third-order valence-corrected chi connectivity index (χ3v) is 3.55. The first-order valence-corrected chi connectivity index (χ1v) is 6.66. The highest BCUT2D eigenvalue weighted by Crippen LogP contribution is 2.09. The average molecular weight is 259 g/mol. The van der Waals surface area contributed by atoms with Crippen LogP contribution < -0.4 is 10.5 Å². The Morgan fingerprint density at radius 2 is 2.31 bits per heavy atom. The fraction of sp³-hybridized carbons (Fsp3) is 0.333. The molecule has 0 bridgehead atoms. The lowest BCUT2D eigenvalue weighted by Gasteiger charge is -2.12. The predicted molar refractivity (Wildman–Crippen MR) is 66.4 cm³/mol. The number of rotatable bonds is 5. The van der Waals surface area contributed by atoms with Gasteiger partial charge < -0.3 is 5.73 Å². The van der Waals surface area contributed by atoms with Gasteiger partial charge in [-0.15, -0.1) is 0 Å². The molecule has 0 fully saturated rings. The Morgan fingerprint density at radius 3 is 2.81 bits per heavy atom. The van der Waals surface area contributed by atoms with Crippen molar-refractivity contribution in [1.29, 1.82) is 0 Å². The molecular weight excluding hydrogens is 246 g/mol. The summed E-state index contributed by atoms with van der Waals surface area (Å²) in [6.07, 6.45) is 1.60. The Bertz CT molecular complexity index is 459. The molecular formula is C9H13N3O2S2. The van der Waals surface area contributed by atoms with E-state index in [2.05, 4.69) is 21.9 Å². The van der Waals surface area contributed by atoms with Gasteiger partial charge in [0.2, 0.25) is 10.0 Å². The molecule has 0 aliphatic heterocycles. The van der Waals surface area contributed by atoms with Crippen molar-refractivity contribution in [3.8, 4) is 0 Å². The van der Waals surface area contributed by atoms with Crippen LogP contribution in [0, 0.1) is 0 Å². The summed E-state index contributed by atoms with van der Waals surface area (Å²) in [5.41, 5.74) is 5.84. The molecule has 1 unspecified atom stereocenters. The highest BCUT2D eigenvalue weighted by Gasteiger charge is 2.17. The maximum atomic E-state index is 11.5. The number of nitrogens with one attached hydrogen (secondary N) is 1. The van der Waals surface area contributed by atoms with Gasteiger partial charge in [-0.25, -0.2) is 13.1 Å². The van der Waals surface area contributed by atoms with E-state index in [9.17, 15) is 8.42 Å². The maximum Gasteiger partial charge on any atom is 0.218 e. The Labute approximate surface area is 100 Å². The standard InChI is InChI=1S/C9H13N3O2S2/c1-7(8-4-2-3-5-11-8)12-16(13,14)6-9(10)15/h2-5,7,12H,6H2,1H3,(H2,10,15). The number of hydrogen-bond acceptors (Lipinski definition) is 4. The monoisotopic (exact) mass is 259 g/mol. The van der Waals surface area contributed by atoms with Crippen LogP contribution in [0.4, 0.5) is 0 Å². The Balaban J connectivity index is 2.72. The largest absolute Gasteiger partial charge is 0.392 e. The van der Waals surface area contributed by atoms with Crippen molar-refractivity contribution in [3.63, 3.8) is 0 Å². The highest BCUT2D eigenvalue weighted by molar-refractivity contribution is 7.92. The smallest absolute Gasteiger partial charge is 0.218 e. The van der Waals surface area contributed by atoms with Crippen LogP contribution in [0.3, 0.4) is 0 Å². The lowest BCUT2D eigenvalue weighted by Crippen LogP contribution is -2.34. The van der Waals surface area contributed by atoms with Gasteiger partial charge in [0.25, 0.3) is 0 Å². The van der Waals surface area contributed by atoms with Crippen LogP contribution in [-0.2, 0) is 10.0 Å². The van der Waals surface area contributed by atoms with Gasteiger partial charge in [0.05, 0.1) is 16.7 Å². The second-order valence-electron chi connectivity index (χ2n) is 3.32. The number of nitrogens with two attached hydrogens (primary N) is 1. The van der Waals surface area contributed by atoms with E-state index in [4.69, 9.17) is 5.73 Å². The number of hydrogen-bond donors (Lipinski definition) is 2. The molecule has 0 radical (unpaired) electrons. The van der Waals surface area contributed by atoms with Crippen LogP contribution in [0.5, 0.6) is 0 Å². The summed E-state index contributed by atoms with van der Waals surface area (Å²) < 4.78 is 25.5. The zero-order valence-electron chi connectivity index (χ0n) is 8.75. The summed E-state index contributed by atoms with van der Waals surface area (Å²) in [4.78, 5) is 4.00. The van der Waals surface area contributed by atoms with Crippen LogP contribution in [0.25, 0.3) is 0 Å². The second-order valence-corrected chi connectivity index (χ2v) is 5.60. The van der Waals surface area contributed by atoms with Crippen LogP contribution in [0.2, 0.25) is 0 Å². The van der Waals surface area contributed by atoms with Crippen molar-refractivity contribution in [2.75, 3.05) is 5.75 Å². The van der Waals surface area contributed by atoms with Crippen LogP contribution in [-0.4, -0.2) is 24.1 Å². The molecule has 1 atom stereocenters. The lowest BCUT2D eigenvalue weighted by molar-refractivity contribution is 0.568. The van der Waals surface area contributed by atoms with Gasteiger partial charge in [-0.05, 0) is 19.1 Å². The third kappa shape index (κ3) is 4.21. The number of thiocarbonyl (C=S) groups is 1. The number of pyridine rings is 1. The van der Waals surface area contributed by atoms with Crippen molar-refractivity contribution in [2.24, 2.45) is 5.73 Å². The molecule has 3 N–H and O–H groups in total. The number of sulfonamides is 1. The normalized spacial score (nSPS) is 13.3. The van der Waals surface area contributed by atoms with Gasteiger partial charge in [0.1, 0.15) is 5.75 Å². The Kier molecular flexibility index (Phi) is 4.34. The van der Waals surface area contributed by atoms with E-state index in [1.54, 1.807) is 31.3 Å². The molecule has 7 heteroatoms. The predicted octanol–water partition coefficient (Wildman–Crippen LogP) is 0.348. The molecule has 0 amide bonds. The number of aromatic nitrogens is 1. The molecule has 0 saturated carbocycles. The average Bonchev–Trinajstić information content (AvgIpc) is 2.16. The molecule has 1 aromatic heterocycles. The molecule has 1 rings (SSSR count). The minimum absolute atomic E-state index is 0.0549. The SMILES string of the molecule is CC(NS(=O)(=O)CC(N)=S)c1ccccn1. The molecule has 0 aromatic carbocycles. The van der Waals surface area contributed by atoms with Gasteiger partial charge in [0, 0.05) is 6.20 Å². The third-order valence-electron chi connectivity index (χ3n) is 1.82. The Hall–Kier alpha value is -1.05. The van der Waals surface area contributed by atoms with E-state index in [0.29, 0.717) is 5.69 Å². The van der Waals surface area contributed by atoms with Crippen LogP contribution in [0.15, 0.2) is 24.4 Å². The van der Waals surface area contributed by atoms with Gasteiger partial charge >= 0.3 is 0 Å². The minimum Gasteiger partial charge on any atom is -0.392 e. The van der Waals surface area contributed by atoms with E-state index < -0.39 is 16.1 Å². The fourth-order valence-electron chi connectivity index (χ4n) is 1.19. The first kappa shape index (κ1) is 13.0. The topological polar surface area (TPSA) is 85.1 Å². The van der Waals surface area contributed by atoms with E-state index in [1.807, 2.05) is 0 Å². The summed E-state index contributed by atoms with van der Waals surface area (Å²) in [5, 5.41) is 0. The molecule has 0 saturated heterocycles. The van der Waals surface area contributed by atoms with E-state index >= 15 is 0 Å². The van der Waals surface area contributed by atoms with E-state index in [0.717, 1.165) is 0 Å². The molecule has 1 heterocycles. The Morgan fingerprint density at radius 1 is 1.62 bits per heavy atom. The molecule has 88 valence electrons. The van der Waals surface area contributed by atoms with Crippen molar-refractivity contribution in [3.05, 3.63) is 30.1 Å². The van der Waals surface area contributed by atoms with Crippen molar-refractivity contribution in [2.45, 2.75) is 13.0 Å². The summed E-state index contributed by atoms with van der Waals surface area (Å²) >= 11 is 4.56. The van der Waals surface area contributed by atoms with Gasteiger partial charge in [-0.2, -0.15) is 0 Å². The van der Waals surface area contributed by atoms with Crippen molar-refractivity contribution >= 4 is 27.2 Å². The lowest BCUT2D eigenvalue weighted by atomic mass is 10.2. The second kappa shape index (κ2) is 5.33. The van der Waals surface area contributed by atoms with E-state index in [-0.39, 0.29) is 10.7 Å². The van der Waals surface area contributed by atoms with Crippen molar-refractivity contribution < 1.29 is 8.42 Å². The quantitative estimate of drug-likeness (QED) is 0.745. The fourth-order valence-corrected chi connectivity index (χ4v) is 2.77. The van der Waals surface area contributed by atoms with Crippen molar-refractivity contribution in [1.82, 2.24) is 9.71 Å². The summed E-state index contributed by atoms with van der Waals surface area (Å²) in [6, 6.07) is 4.90. The zero-order chi connectivity index (χ0) is 12.2. The van der Waals surface area contributed by atoms with Gasteiger partial charge in [-0.1, -0.05) is 18.3 Å². The van der Waals surface area contributed by atoms with E-state index in [1.165, 1.54) is 0 Å². The molecule has 0 aliphatic rings. The van der Waals surface area contributed by atoms with Gasteiger partial charge in [-0.3, -0.25) is 4.98 Å². The molecule has 0 aliphatic carbocycles. The minimum atomic E-state index is -3.48. The maximum absolute atomic E-state index is 11.5. The first-order chi connectivity index (χ1) is 7.41. The summed E-state index contributed by atoms with van der Waals surface area (Å²) in [6.45, 7) is 1.71. The molecule has 16 heavy (non-hydrogen) atoms. The number of nitrogens with zero attached hydrogens (tertiary/aromatic N) is 1. The molecule has 0 spiro atoms. The zero-order valence-corrected chi connectivity index (χ0v) is 10.4. The van der Waals surface area contributed by atoms with Crippen LogP contribution in [0.1, 0.15) is 18.7 Å². The molecule has 5 nitrogen and oxygen atoms in total.